The number of amides is 2. The van der Waals surface area contributed by atoms with Crippen molar-refractivity contribution in [1.82, 2.24) is 19.7 Å². The Kier molecular flexibility index (Phi) is 4.26. The zero-order chi connectivity index (χ0) is 22.6. The first-order valence-electron chi connectivity index (χ1n) is 9.40. The van der Waals surface area contributed by atoms with Gasteiger partial charge in [0, 0.05) is 18.8 Å². The van der Waals surface area contributed by atoms with E-state index in [9.17, 15) is 22.8 Å². The van der Waals surface area contributed by atoms with Crippen molar-refractivity contribution in [3.63, 3.8) is 0 Å². The minimum atomic E-state index is -4.80. The van der Waals surface area contributed by atoms with Gasteiger partial charge < -0.3 is 4.74 Å². The monoisotopic (exact) mass is 438 g/mol. The SMILES string of the molecule is CN1C(=O)c2cnc3c(c(-c4ccccc4)nn3-c3ccc(OC(F)(F)F)cc3)c2C1=O. The Balaban J connectivity index is 1.74. The number of fused-ring (bicyclic) bond motifs is 3. The van der Waals surface area contributed by atoms with E-state index in [1.807, 2.05) is 6.07 Å². The molecule has 0 spiro atoms. The van der Waals surface area contributed by atoms with Gasteiger partial charge in [0.2, 0.25) is 0 Å². The lowest BCUT2D eigenvalue weighted by Gasteiger charge is -2.09. The summed E-state index contributed by atoms with van der Waals surface area (Å²) in [5.74, 6) is -1.31. The molecule has 2 amide bonds. The van der Waals surface area contributed by atoms with E-state index in [1.54, 1.807) is 24.3 Å². The molecule has 0 atom stereocenters. The van der Waals surface area contributed by atoms with Gasteiger partial charge >= 0.3 is 6.36 Å². The maximum Gasteiger partial charge on any atom is 0.573 e. The Bertz CT molecular complexity index is 1380. The van der Waals surface area contributed by atoms with Gasteiger partial charge in [-0.15, -0.1) is 13.2 Å². The third-order valence-electron chi connectivity index (χ3n) is 5.11. The van der Waals surface area contributed by atoms with E-state index < -0.39 is 18.2 Å². The van der Waals surface area contributed by atoms with Crippen molar-refractivity contribution in [1.29, 1.82) is 0 Å². The molecule has 10 heteroatoms. The fourth-order valence-electron chi connectivity index (χ4n) is 3.68. The lowest BCUT2D eigenvalue weighted by Crippen LogP contribution is -2.24. The lowest BCUT2D eigenvalue weighted by molar-refractivity contribution is -0.274. The Hall–Kier alpha value is -4.21. The molecular weight excluding hydrogens is 425 g/mol. The quantitative estimate of drug-likeness (QED) is 0.448. The number of hydrogen-bond donors (Lipinski definition) is 0. The van der Waals surface area contributed by atoms with Gasteiger partial charge in [0.25, 0.3) is 11.8 Å². The molecule has 0 saturated carbocycles. The standard InChI is InChI=1S/C22H13F3N4O3/c1-28-20(30)15-11-26-19-17(16(15)21(28)31)18(12-5-3-2-4-6-12)27-29(19)13-7-9-14(10-8-13)32-22(23,24)25/h2-11H,1H3. The van der Waals surface area contributed by atoms with Crippen LogP contribution in [0.1, 0.15) is 20.7 Å². The van der Waals surface area contributed by atoms with Gasteiger partial charge in [0.15, 0.2) is 5.65 Å². The number of carbonyl (C=O) groups is 2. The number of benzene rings is 2. The predicted octanol–water partition coefficient (Wildman–Crippen LogP) is 4.21. The fourth-order valence-corrected chi connectivity index (χ4v) is 3.68. The lowest BCUT2D eigenvalue weighted by atomic mass is 10.0. The summed E-state index contributed by atoms with van der Waals surface area (Å²) < 4.78 is 42.8. The summed E-state index contributed by atoms with van der Waals surface area (Å²) in [6.07, 6.45) is -3.49. The minimum Gasteiger partial charge on any atom is -0.406 e. The van der Waals surface area contributed by atoms with Crippen molar-refractivity contribution >= 4 is 22.8 Å². The number of nitrogens with zero attached hydrogens (tertiary/aromatic N) is 4. The number of halogens is 3. The number of aromatic nitrogens is 3. The highest BCUT2D eigenvalue weighted by Gasteiger charge is 2.37. The van der Waals surface area contributed by atoms with Crippen LogP contribution in [0.15, 0.2) is 60.8 Å². The van der Waals surface area contributed by atoms with Crippen molar-refractivity contribution in [2.75, 3.05) is 7.05 Å². The maximum absolute atomic E-state index is 12.8. The van der Waals surface area contributed by atoms with Gasteiger partial charge in [-0.25, -0.2) is 9.67 Å². The first-order chi connectivity index (χ1) is 15.2. The minimum absolute atomic E-state index is 0.177. The van der Waals surface area contributed by atoms with Crippen molar-refractivity contribution < 1.29 is 27.5 Å². The highest BCUT2D eigenvalue weighted by molar-refractivity contribution is 6.27. The number of alkyl halides is 3. The van der Waals surface area contributed by atoms with E-state index in [0.29, 0.717) is 28.0 Å². The largest absolute Gasteiger partial charge is 0.573 e. The van der Waals surface area contributed by atoms with Gasteiger partial charge in [0.1, 0.15) is 11.4 Å². The molecule has 3 heterocycles. The number of pyridine rings is 1. The van der Waals surface area contributed by atoms with E-state index in [2.05, 4.69) is 14.8 Å². The molecule has 4 aromatic rings. The average Bonchev–Trinajstić information content (AvgIpc) is 3.26. The van der Waals surface area contributed by atoms with Gasteiger partial charge in [0.05, 0.1) is 22.2 Å². The van der Waals surface area contributed by atoms with Crippen LogP contribution in [-0.4, -0.2) is 44.9 Å². The van der Waals surface area contributed by atoms with Crippen molar-refractivity contribution in [2.24, 2.45) is 0 Å². The Labute approximate surface area is 178 Å². The molecule has 5 rings (SSSR count). The predicted molar refractivity (Wildman–Crippen MR) is 107 cm³/mol. The first kappa shape index (κ1) is 19.7. The smallest absolute Gasteiger partial charge is 0.406 e. The van der Waals surface area contributed by atoms with E-state index in [0.717, 1.165) is 17.0 Å². The highest BCUT2D eigenvalue weighted by atomic mass is 19.4. The molecule has 0 fully saturated rings. The van der Waals surface area contributed by atoms with E-state index in [4.69, 9.17) is 0 Å². The van der Waals surface area contributed by atoms with E-state index in [-0.39, 0.29) is 16.9 Å². The van der Waals surface area contributed by atoms with E-state index >= 15 is 0 Å². The van der Waals surface area contributed by atoms with E-state index in [1.165, 1.54) is 30.1 Å². The van der Waals surface area contributed by atoms with Gasteiger partial charge in [-0.3, -0.25) is 14.5 Å². The Morgan fingerprint density at radius 2 is 1.62 bits per heavy atom. The van der Waals surface area contributed by atoms with Gasteiger partial charge in [-0.2, -0.15) is 5.10 Å². The van der Waals surface area contributed by atoms with Crippen molar-refractivity contribution in [3.8, 4) is 22.7 Å². The second-order valence-corrected chi connectivity index (χ2v) is 7.08. The second kappa shape index (κ2) is 6.91. The summed E-state index contributed by atoms with van der Waals surface area (Å²) in [7, 11) is 1.39. The van der Waals surface area contributed by atoms with Crippen LogP contribution in [0.2, 0.25) is 0 Å². The highest BCUT2D eigenvalue weighted by Crippen LogP contribution is 2.36. The maximum atomic E-state index is 12.8. The van der Waals surface area contributed by atoms with Crippen LogP contribution in [0, 0.1) is 0 Å². The number of ether oxygens (including phenoxy) is 1. The molecule has 160 valence electrons. The van der Waals surface area contributed by atoms with Crippen LogP contribution in [0.3, 0.4) is 0 Å². The van der Waals surface area contributed by atoms with Crippen LogP contribution in [0.25, 0.3) is 28.0 Å². The number of imide groups is 1. The Morgan fingerprint density at radius 3 is 2.28 bits per heavy atom. The van der Waals surface area contributed by atoms with Crippen LogP contribution in [-0.2, 0) is 0 Å². The number of hydrogen-bond acceptors (Lipinski definition) is 5. The molecule has 0 bridgehead atoms. The Morgan fingerprint density at radius 1 is 0.938 bits per heavy atom. The molecule has 0 N–H and O–H groups in total. The molecule has 2 aromatic heterocycles. The molecule has 2 aromatic carbocycles. The first-order valence-corrected chi connectivity index (χ1v) is 9.40. The van der Waals surface area contributed by atoms with Crippen LogP contribution < -0.4 is 4.74 Å². The van der Waals surface area contributed by atoms with Crippen molar-refractivity contribution in [3.05, 3.63) is 71.9 Å². The van der Waals surface area contributed by atoms with Gasteiger partial charge in [-0.1, -0.05) is 30.3 Å². The molecule has 1 aliphatic rings. The molecule has 1 aliphatic heterocycles. The summed E-state index contributed by atoms with van der Waals surface area (Å²) in [6, 6.07) is 14.2. The van der Waals surface area contributed by atoms with Crippen LogP contribution in [0.4, 0.5) is 13.2 Å². The third-order valence-corrected chi connectivity index (χ3v) is 5.11. The fraction of sp³-hybridized carbons (Fsp3) is 0.0909. The van der Waals surface area contributed by atoms with Crippen LogP contribution >= 0.6 is 0 Å². The zero-order valence-corrected chi connectivity index (χ0v) is 16.4. The molecule has 0 radical (unpaired) electrons. The summed E-state index contributed by atoms with van der Waals surface area (Å²) >= 11 is 0. The zero-order valence-electron chi connectivity index (χ0n) is 16.4. The third kappa shape index (κ3) is 3.08. The van der Waals surface area contributed by atoms with Crippen LogP contribution in [0.5, 0.6) is 5.75 Å². The summed E-state index contributed by atoms with van der Waals surface area (Å²) in [6.45, 7) is 0. The summed E-state index contributed by atoms with van der Waals surface area (Å²) in [4.78, 5) is 30.7. The second-order valence-electron chi connectivity index (χ2n) is 7.08. The normalized spacial score (nSPS) is 13.7. The molecular formula is C22H13F3N4O3. The molecule has 32 heavy (non-hydrogen) atoms. The molecule has 0 aliphatic carbocycles. The van der Waals surface area contributed by atoms with Gasteiger partial charge in [-0.05, 0) is 24.3 Å². The topological polar surface area (TPSA) is 77.3 Å². The molecule has 0 saturated heterocycles. The molecule has 0 unspecified atom stereocenters. The number of rotatable bonds is 3. The number of carbonyl (C=O) groups excluding carboxylic acids is 2. The average molecular weight is 438 g/mol. The van der Waals surface area contributed by atoms with Crippen molar-refractivity contribution in [2.45, 2.75) is 6.36 Å². The summed E-state index contributed by atoms with van der Waals surface area (Å²) in [5.41, 5.74) is 2.20. The summed E-state index contributed by atoms with van der Waals surface area (Å²) in [5, 5.41) is 5.00. The molecule has 7 nitrogen and oxygen atoms in total.